The lowest BCUT2D eigenvalue weighted by Crippen LogP contribution is -2.34. The third kappa shape index (κ3) is 3.74. The zero-order valence-electron chi connectivity index (χ0n) is 11.4. The van der Waals surface area contributed by atoms with Crippen molar-refractivity contribution in [3.8, 4) is 0 Å². The van der Waals surface area contributed by atoms with E-state index in [1.165, 1.54) is 0 Å². The summed E-state index contributed by atoms with van der Waals surface area (Å²) in [7, 11) is 0. The highest BCUT2D eigenvalue weighted by atomic mass is 16.2. The van der Waals surface area contributed by atoms with Crippen LogP contribution in [0, 0.1) is 5.92 Å². The van der Waals surface area contributed by atoms with Crippen LogP contribution in [0.1, 0.15) is 37.6 Å². The smallest absolute Gasteiger partial charge is 0.253 e. The fourth-order valence-corrected chi connectivity index (χ4v) is 1.75. The first kappa shape index (κ1) is 14.5. The van der Waals surface area contributed by atoms with Gasteiger partial charge in [-0.3, -0.25) is 10.6 Å². The predicted octanol–water partition coefficient (Wildman–Crippen LogP) is 2.48. The minimum Gasteiger partial charge on any atom is -0.339 e. The number of benzene rings is 1. The number of amides is 1. The topological polar surface area (TPSA) is 58.4 Å². The molecule has 1 unspecified atom stereocenters. The first-order valence-corrected chi connectivity index (χ1v) is 6.48. The Morgan fingerprint density at radius 1 is 1.33 bits per heavy atom. The molecule has 0 bridgehead atoms. The van der Waals surface area contributed by atoms with Gasteiger partial charge in [0.2, 0.25) is 0 Å². The van der Waals surface area contributed by atoms with Gasteiger partial charge in [0.15, 0.2) is 0 Å². The summed E-state index contributed by atoms with van der Waals surface area (Å²) in [5.74, 6) is 5.91. The highest BCUT2D eigenvalue weighted by Crippen LogP contribution is 2.12. The molecule has 1 amide bonds. The molecule has 0 heterocycles. The van der Waals surface area contributed by atoms with Crippen LogP contribution in [-0.2, 0) is 0 Å². The van der Waals surface area contributed by atoms with Gasteiger partial charge in [0.25, 0.3) is 5.91 Å². The summed E-state index contributed by atoms with van der Waals surface area (Å²) in [6.07, 6.45) is 1.08. The molecular weight excluding hydrogens is 226 g/mol. The minimum absolute atomic E-state index is 0.0846. The van der Waals surface area contributed by atoms with Crippen LogP contribution in [0.25, 0.3) is 0 Å². The van der Waals surface area contributed by atoms with Crippen LogP contribution in [0.2, 0.25) is 0 Å². The van der Waals surface area contributed by atoms with Gasteiger partial charge in [-0.25, -0.2) is 0 Å². The second kappa shape index (κ2) is 7.01. The molecule has 3 N–H and O–H groups in total. The van der Waals surface area contributed by atoms with Gasteiger partial charge in [-0.2, -0.15) is 0 Å². The van der Waals surface area contributed by atoms with Crippen molar-refractivity contribution in [3.05, 3.63) is 29.8 Å². The predicted molar refractivity (Wildman–Crippen MR) is 75.3 cm³/mol. The molecule has 0 aromatic heterocycles. The molecular formula is C14H23N3O. The molecule has 0 fully saturated rings. The Hall–Kier alpha value is -1.55. The molecule has 1 aromatic carbocycles. The van der Waals surface area contributed by atoms with Gasteiger partial charge in [0.1, 0.15) is 0 Å². The fraction of sp³-hybridized carbons (Fsp3) is 0.500. The minimum atomic E-state index is 0.0846. The molecule has 1 atom stereocenters. The normalized spacial score (nSPS) is 12.0. The van der Waals surface area contributed by atoms with Crippen molar-refractivity contribution in [3.63, 3.8) is 0 Å². The fourth-order valence-electron chi connectivity index (χ4n) is 1.75. The largest absolute Gasteiger partial charge is 0.339 e. The molecule has 0 radical (unpaired) electrons. The van der Waals surface area contributed by atoms with E-state index >= 15 is 0 Å². The number of rotatable bonds is 6. The number of carbonyl (C=O) groups is 1. The van der Waals surface area contributed by atoms with Gasteiger partial charge in [0.05, 0.1) is 0 Å². The average molecular weight is 249 g/mol. The van der Waals surface area contributed by atoms with E-state index in [4.69, 9.17) is 5.84 Å². The van der Waals surface area contributed by atoms with Gasteiger partial charge < -0.3 is 10.3 Å². The Balaban J connectivity index is 2.76. The molecule has 1 aromatic rings. The lowest BCUT2D eigenvalue weighted by atomic mass is 10.1. The third-order valence-electron chi connectivity index (χ3n) is 3.20. The number of anilines is 1. The molecule has 0 aliphatic heterocycles. The van der Waals surface area contributed by atoms with E-state index in [9.17, 15) is 4.79 Å². The van der Waals surface area contributed by atoms with E-state index in [-0.39, 0.29) is 5.91 Å². The van der Waals surface area contributed by atoms with Crippen LogP contribution in [0.15, 0.2) is 24.3 Å². The quantitative estimate of drug-likeness (QED) is 0.601. The van der Waals surface area contributed by atoms with E-state index in [1.54, 1.807) is 12.1 Å². The van der Waals surface area contributed by atoms with Gasteiger partial charge in [-0.05, 0) is 37.1 Å². The summed E-state index contributed by atoms with van der Waals surface area (Å²) in [6, 6.07) is 7.22. The zero-order chi connectivity index (χ0) is 13.5. The monoisotopic (exact) mass is 249 g/mol. The highest BCUT2D eigenvalue weighted by Gasteiger charge is 2.15. The zero-order valence-corrected chi connectivity index (χ0v) is 11.4. The number of carbonyl (C=O) groups excluding carboxylic acids is 1. The van der Waals surface area contributed by atoms with E-state index < -0.39 is 0 Å². The summed E-state index contributed by atoms with van der Waals surface area (Å²) in [5.41, 5.74) is 4.06. The van der Waals surface area contributed by atoms with Gasteiger partial charge in [-0.1, -0.05) is 20.3 Å². The van der Waals surface area contributed by atoms with Crippen molar-refractivity contribution in [2.45, 2.75) is 27.2 Å². The molecule has 0 aliphatic rings. The number of nitrogens with zero attached hydrogens (tertiary/aromatic N) is 1. The third-order valence-corrected chi connectivity index (χ3v) is 3.20. The Bertz CT molecular complexity index is 375. The molecule has 4 nitrogen and oxygen atoms in total. The molecule has 100 valence electrons. The maximum Gasteiger partial charge on any atom is 0.253 e. The summed E-state index contributed by atoms with van der Waals surface area (Å²) in [5, 5.41) is 0. The lowest BCUT2D eigenvalue weighted by molar-refractivity contribution is 0.0741. The van der Waals surface area contributed by atoms with Crippen LogP contribution in [0.4, 0.5) is 5.69 Å². The second-order valence-electron chi connectivity index (χ2n) is 4.58. The van der Waals surface area contributed by atoms with Crippen LogP contribution >= 0.6 is 0 Å². The van der Waals surface area contributed by atoms with E-state index in [0.717, 1.165) is 25.2 Å². The molecule has 1 rings (SSSR count). The van der Waals surface area contributed by atoms with Crippen LogP contribution in [-0.4, -0.2) is 23.9 Å². The van der Waals surface area contributed by atoms with Crippen molar-refractivity contribution in [2.24, 2.45) is 11.8 Å². The number of nitrogens with two attached hydrogens (primary N) is 1. The number of nitrogen functional groups attached to an aromatic ring is 1. The molecule has 0 saturated carbocycles. The van der Waals surface area contributed by atoms with Crippen molar-refractivity contribution in [2.75, 3.05) is 18.5 Å². The van der Waals surface area contributed by atoms with Crippen molar-refractivity contribution >= 4 is 11.6 Å². The second-order valence-corrected chi connectivity index (χ2v) is 4.58. The standard InChI is InChI=1S/C14H23N3O/c1-4-11(3)10-17(5-2)14(18)12-6-8-13(16-15)9-7-12/h6-9,11,16H,4-5,10,15H2,1-3H3. The summed E-state index contributed by atoms with van der Waals surface area (Å²) >= 11 is 0. The van der Waals surface area contributed by atoms with E-state index in [0.29, 0.717) is 11.5 Å². The van der Waals surface area contributed by atoms with Crippen molar-refractivity contribution < 1.29 is 4.79 Å². The Morgan fingerprint density at radius 2 is 1.94 bits per heavy atom. The summed E-state index contributed by atoms with van der Waals surface area (Å²) in [4.78, 5) is 14.2. The van der Waals surface area contributed by atoms with Crippen molar-refractivity contribution in [1.82, 2.24) is 4.90 Å². The summed E-state index contributed by atoms with van der Waals surface area (Å²) in [6.45, 7) is 7.86. The van der Waals surface area contributed by atoms with Gasteiger partial charge in [0, 0.05) is 24.3 Å². The first-order chi connectivity index (χ1) is 8.62. The number of hydrogen-bond donors (Lipinski definition) is 2. The number of hydrazine groups is 1. The van der Waals surface area contributed by atoms with Gasteiger partial charge >= 0.3 is 0 Å². The Morgan fingerprint density at radius 3 is 2.39 bits per heavy atom. The lowest BCUT2D eigenvalue weighted by Gasteiger charge is -2.24. The maximum absolute atomic E-state index is 12.3. The molecule has 0 spiro atoms. The molecule has 18 heavy (non-hydrogen) atoms. The molecule has 0 aliphatic carbocycles. The van der Waals surface area contributed by atoms with Gasteiger partial charge in [-0.15, -0.1) is 0 Å². The molecule has 0 saturated heterocycles. The van der Waals surface area contributed by atoms with Crippen LogP contribution in [0.3, 0.4) is 0 Å². The van der Waals surface area contributed by atoms with Crippen LogP contribution < -0.4 is 11.3 Å². The Labute approximate surface area is 109 Å². The maximum atomic E-state index is 12.3. The first-order valence-electron chi connectivity index (χ1n) is 6.48. The van der Waals surface area contributed by atoms with Crippen LogP contribution in [0.5, 0.6) is 0 Å². The van der Waals surface area contributed by atoms with E-state index in [2.05, 4.69) is 19.3 Å². The average Bonchev–Trinajstić information content (AvgIpc) is 2.43. The number of hydrogen-bond acceptors (Lipinski definition) is 3. The summed E-state index contributed by atoms with van der Waals surface area (Å²) < 4.78 is 0. The van der Waals surface area contributed by atoms with E-state index in [1.807, 2.05) is 24.0 Å². The number of nitrogens with one attached hydrogen (secondary N) is 1. The SMILES string of the molecule is CCC(C)CN(CC)C(=O)c1ccc(NN)cc1. The highest BCUT2D eigenvalue weighted by molar-refractivity contribution is 5.94. The Kier molecular flexibility index (Phi) is 5.65. The van der Waals surface area contributed by atoms with Crippen molar-refractivity contribution in [1.29, 1.82) is 0 Å². The molecule has 4 heteroatoms.